The number of piperazine rings is 1. The molecule has 1 aromatic heterocycles. The molecule has 1 amide bonds. The first-order chi connectivity index (χ1) is 11.1. The number of imidazole rings is 1. The van der Waals surface area contributed by atoms with Gasteiger partial charge in [-0.2, -0.15) is 0 Å². The lowest BCUT2D eigenvalue weighted by molar-refractivity contribution is -0.132. The molecule has 0 aliphatic carbocycles. The third-order valence-electron chi connectivity index (χ3n) is 3.98. The van der Waals surface area contributed by atoms with Gasteiger partial charge in [-0.1, -0.05) is 0 Å². The summed E-state index contributed by atoms with van der Waals surface area (Å²) in [5.74, 6) is 0.549. The van der Waals surface area contributed by atoms with Crippen LogP contribution in [0.2, 0.25) is 0 Å². The second kappa shape index (κ2) is 6.80. The van der Waals surface area contributed by atoms with Gasteiger partial charge in [-0.05, 0) is 47.1 Å². The monoisotopic (exact) mass is 380 g/mol. The molecular weight excluding hydrogens is 363 g/mol. The molecule has 0 unspecified atom stereocenters. The van der Waals surface area contributed by atoms with Crippen LogP contribution in [0.25, 0.3) is 11.3 Å². The van der Waals surface area contributed by atoms with E-state index in [4.69, 9.17) is 0 Å². The minimum Gasteiger partial charge on any atom is -0.339 e. The number of carbonyl (C=O) groups is 1. The Morgan fingerprint density at radius 3 is 2.61 bits per heavy atom. The predicted molar refractivity (Wildman–Crippen MR) is 89.5 cm³/mol. The Morgan fingerprint density at radius 1 is 1.30 bits per heavy atom. The number of nitrogens with one attached hydrogen (secondary N) is 1. The van der Waals surface area contributed by atoms with Crippen molar-refractivity contribution < 1.29 is 9.18 Å². The second-order valence-corrected chi connectivity index (χ2v) is 6.27. The molecule has 1 N–H and O–H groups in total. The SMILES string of the molecule is Cc1nc(-c2ccc(F)cc2)c(Br)n1CC(=O)N1CCNCC1. The van der Waals surface area contributed by atoms with E-state index in [1.54, 1.807) is 12.1 Å². The average Bonchev–Trinajstić information content (AvgIpc) is 2.84. The summed E-state index contributed by atoms with van der Waals surface area (Å²) in [6.07, 6.45) is 0. The summed E-state index contributed by atoms with van der Waals surface area (Å²) < 4.78 is 15.7. The number of aromatic nitrogens is 2. The number of amides is 1. The summed E-state index contributed by atoms with van der Waals surface area (Å²) in [5, 5.41) is 3.23. The highest BCUT2D eigenvalue weighted by Crippen LogP contribution is 2.29. The molecule has 5 nitrogen and oxygen atoms in total. The molecule has 1 aliphatic rings. The molecule has 7 heteroatoms. The Labute approximate surface area is 142 Å². The summed E-state index contributed by atoms with van der Waals surface area (Å²) in [6, 6.07) is 6.18. The van der Waals surface area contributed by atoms with Crippen molar-refractivity contribution in [1.82, 2.24) is 19.8 Å². The van der Waals surface area contributed by atoms with Gasteiger partial charge in [0.25, 0.3) is 0 Å². The van der Waals surface area contributed by atoms with E-state index in [0.717, 1.165) is 47.9 Å². The molecule has 0 radical (unpaired) electrons. The van der Waals surface area contributed by atoms with Crippen LogP contribution in [0.1, 0.15) is 5.82 Å². The highest BCUT2D eigenvalue weighted by Gasteiger charge is 2.20. The smallest absolute Gasteiger partial charge is 0.242 e. The van der Waals surface area contributed by atoms with Gasteiger partial charge in [-0.3, -0.25) is 4.79 Å². The van der Waals surface area contributed by atoms with Crippen molar-refractivity contribution in [3.8, 4) is 11.3 Å². The largest absolute Gasteiger partial charge is 0.339 e. The molecule has 1 fully saturated rings. The Bertz CT molecular complexity index is 708. The second-order valence-electron chi connectivity index (χ2n) is 5.52. The average molecular weight is 381 g/mol. The summed E-state index contributed by atoms with van der Waals surface area (Å²) in [7, 11) is 0. The number of rotatable bonds is 3. The van der Waals surface area contributed by atoms with E-state index in [1.165, 1.54) is 12.1 Å². The van der Waals surface area contributed by atoms with Crippen LogP contribution in [-0.2, 0) is 11.3 Å². The maximum atomic E-state index is 13.1. The molecule has 2 aromatic rings. The van der Waals surface area contributed by atoms with Gasteiger partial charge in [-0.15, -0.1) is 0 Å². The van der Waals surface area contributed by atoms with E-state index in [2.05, 4.69) is 26.2 Å². The topological polar surface area (TPSA) is 50.2 Å². The van der Waals surface area contributed by atoms with Gasteiger partial charge in [0.1, 0.15) is 28.5 Å². The van der Waals surface area contributed by atoms with Crippen LogP contribution in [-0.4, -0.2) is 46.5 Å². The highest BCUT2D eigenvalue weighted by atomic mass is 79.9. The molecule has 3 rings (SSSR count). The van der Waals surface area contributed by atoms with Crippen molar-refractivity contribution in [3.05, 3.63) is 40.5 Å². The number of hydrogen-bond donors (Lipinski definition) is 1. The first kappa shape index (κ1) is 16.1. The van der Waals surface area contributed by atoms with E-state index in [1.807, 2.05) is 16.4 Å². The molecule has 0 saturated carbocycles. The molecule has 1 aliphatic heterocycles. The first-order valence-corrected chi connectivity index (χ1v) is 8.32. The number of carbonyl (C=O) groups excluding carboxylic acids is 1. The van der Waals surface area contributed by atoms with Gasteiger partial charge in [0, 0.05) is 31.7 Å². The normalized spacial score (nSPS) is 15.0. The lowest BCUT2D eigenvalue weighted by atomic mass is 10.2. The zero-order valence-corrected chi connectivity index (χ0v) is 14.4. The van der Waals surface area contributed by atoms with Crippen LogP contribution in [0.3, 0.4) is 0 Å². The van der Waals surface area contributed by atoms with Crippen molar-refractivity contribution in [1.29, 1.82) is 0 Å². The Morgan fingerprint density at radius 2 is 1.96 bits per heavy atom. The number of benzene rings is 1. The molecule has 2 heterocycles. The van der Waals surface area contributed by atoms with E-state index >= 15 is 0 Å². The summed E-state index contributed by atoms with van der Waals surface area (Å²) >= 11 is 3.53. The van der Waals surface area contributed by atoms with Crippen molar-refractivity contribution in [3.63, 3.8) is 0 Å². The van der Waals surface area contributed by atoms with Gasteiger partial charge in [0.05, 0.1) is 0 Å². The third-order valence-corrected chi connectivity index (χ3v) is 4.78. The summed E-state index contributed by atoms with van der Waals surface area (Å²) in [6.45, 7) is 5.24. The minimum absolute atomic E-state index is 0.0818. The fourth-order valence-corrected chi connectivity index (χ4v) is 3.36. The van der Waals surface area contributed by atoms with Gasteiger partial charge >= 0.3 is 0 Å². The molecule has 1 saturated heterocycles. The zero-order valence-electron chi connectivity index (χ0n) is 12.9. The van der Waals surface area contributed by atoms with Gasteiger partial charge in [0.2, 0.25) is 5.91 Å². The van der Waals surface area contributed by atoms with E-state index < -0.39 is 0 Å². The number of halogens is 2. The highest BCUT2D eigenvalue weighted by molar-refractivity contribution is 9.10. The molecule has 23 heavy (non-hydrogen) atoms. The standard InChI is InChI=1S/C16H18BrFN4O/c1-11-20-15(12-2-4-13(18)5-3-12)16(17)22(11)10-14(23)21-8-6-19-7-9-21/h2-5,19H,6-10H2,1H3. The van der Waals surface area contributed by atoms with E-state index in [0.29, 0.717) is 0 Å². The quantitative estimate of drug-likeness (QED) is 0.887. The predicted octanol–water partition coefficient (Wildman–Crippen LogP) is 2.19. The van der Waals surface area contributed by atoms with Crippen molar-refractivity contribution in [2.24, 2.45) is 0 Å². The van der Waals surface area contributed by atoms with Crippen molar-refractivity contribution in [2.45, 2.75) is 13.5 Å². The van der Waals surface area contributed by atoms with Crippen LogP contribution in [0.4, 0.5) is 4.39 Å². The zero-order chi connectivity index (χ0) is 16.4. The number of aryl methyl sites for hydroxylation is 1. The molecule has 0 spiro atoms. The maximum Gasteiger partial charge on any atom is 0.242 e. The fraction of sp³-hybridized carbons (Fsp3) is 0.375. The fourth-order valence-electron chi connectivity index (χ4n) is 2.66. The number of hydrogen-bond acceptors (Lipinski definition) is 3. The first-order valence-electron chi connectivity index (χ1n) is 7.53. The molecule has 0 bridgehead atoms. The molecule has 0 atom stereocenters. The summed E-state index contributed by atoms with van der Waals surface area (Å²) in [4.78, 5) is 18.8. The van der Waals surface area contributed by atoms with Crippen LogP contribution in [0, 0.1) is 12.7 Å². The third kappa shape index (κ3) is 3.45. The summed E-state index contributed by atoms with van der Waals surface area (Å²) in [5.41, 5.74) is 1.53. The van der Waals surface area contributed by atoms with E-state index in [9.17, 15) is 9.18 Å². The van der Waals surface area contributed by atoms with Crippen LogP contribution in [0.15, 0.2) is 28.9 Å². The molecule has 122 valence electrons. The van der Waals surface area contributed by atoms with Crippen LogP contribution in [0.5, 0.6) is 0 Å². The lowest BCUT2D eigenvalue weighted by Gasteiger charge is -2.27. The van der Waals surface area contributed by atoms with Crippen LogP contribution >= 0.6 is 15.9 Å². The van der Waals surface area contributed by atoms with E-state index in [-0.39, 0.29) is 18.3 Å². The Balaban J connectivity index is 1.83. The maximum absolute atomic E-state index is 13.1. The van der Waals surface area contributed by atoms with Crippen LogP contribution < -0.4 is 5.32 Å². The van der Waals surface area contributed by atoms with Gasteiger partial charge in [0.15, 0.2) is 0 Å². The van der Waals surface area contributed by atoms with Gasteiger partial charge < -0.3 is 14.8 Å². The molecule has 1 aromatic carbocycles. The number of nitrogens with zero attached hydrogens (tertiary/aromatic N) is 3. The minimum atomic E-state index is -0.282. The van der Waals surface area contributed by atoms with Crippen molar-refractivity contribution in [2.75, 3.05) is 26.2 Å². The lowest BCUT2D eigenvalue weighted by Crippen LogP contribution is -2.47. The molecular formula is C16H18BrFN4O. The Kier molecular flexibility index (Phi) is 4.77. The van der Waals surface area contributed by atoms with Crippen molar-refractivity contribution >= 4 is 21.8 Å². The van der Waals surface area contributed by atoms with Gasteiger partial charge in [-0.25, -0.2) is 9.37 Å². The Hall–Kier alpha value is -1.73.